The number of hydrogen-bond acceptors (Lipinski definition) is 5. The minimum Gasteiger partial charge on any atom is -0.364 e. The highest BCUT2D eigenvalue weighted by atomic mass is 19.1. The van der Waals surface area contributed by atoms with Gasteiger partial charge in [-0.05, 0) is 20.3 Å². The van der Waals surface area contributed by atoms with E-state index in [9.17, 15) is 18.8 Å². The van der Waals surface area contributed by atoms with Gasteiger partial charge in [-0.2, -0.15) is 0 Å². The third-order valence-corrected chi connectivity index (χ3v) is 5.21. The molecule has 0 radical (unpaired) electrons. The Hall–Kier alpha value is -2.71. The van der Waals surface area contributed by atoms with Crippen molar-refractivity contribution in [3.05, 3.63) is 24.3 Å². The summed E-state index contributed by atoms with van der Waals surface area (Å²) in [6, 6.07) is 0.905. The molecule has 2 unspecified atom stereocenters. The van der Waals surface area contributed by atoms with Crippen LogP contribution >= 0.6 is 0 Å². The molecule has 9 heteroatoms. The Morgan fingerprint density at radius 1 is 1.41 bits per heavy atom. The Labute approximate surface area is 157 Å². The van der Waals surface area contributed by atoms with Crippen molar-refractivity contribution in [2.45, 2.75) is 38.8 Å². The van der Waals surface area contributed by atoms with Crippen LogP contribution in [0.2, 0.25) is 0 Å². The van der Waals surface area contributed by atoms with Crippen molar-refractivity contribution in [2.75, 3.05) is 24.5 Å². The number of nitrogens with one attached hydrogen (secondary N) is 2. The lowest BCUT2D eigenvalue weighted by molar-refractivity contribution is -0.137. The fraction of sp³-hybridized carbons (Fsp3) is 0.556. The van der Waals surface area contributed by atoms with Crippen LogP contribution in [0.3, 0.4) is 0 Å². The average molecular weight is 377 g/mol. The van der Waals surface area contributed by atoms with E-state index in [1.807, 2.05) is 11.8 Å². The third kappa shape index (κ3) is 3.86. The van der Waals surface area contributed by atoms with Crippen LogP contribution in [0.4, 0.5) is 14.9 Å². The summed E-state index contributed by atoms with van der Waals surface area (Å²) in [5.41, 5.74) is -0.382. The molecule has 3 atom stereocenters. The van der Waals surface area contributed by atoms with Gasteiger partial charge in [0.15, 0.2) is 0 Å². The van der Waals surface area contributed by atoms with Crippen LogP contribution in [0.5, 0.6) is 0 Å². The van der Waals surface area contributed by atoms with Crippen molar-refractivity contribution in [1.82, 2.24) is 20.5 Å². The van der Waals surface area contributed by atoms with Gasteiger partial charge in [-0.1, -0.05) is 6.92 Å². The second-order valence-electron chi connectivity index (χ2n) is 7.53. The zero-order valence-electron chi connectivity index (χ0n) is 15.7. The van der Waals surface area contributed by atoms with Crippen LogP contribution in [0.25, 0.3) is 0 Å². The molecule has 8 nitrogen and oxygen atoms in total. The molecule has 2 aliphatic heterocycles. The van der Waals surface area contributed by atoms with Gasteiger partial charge in [0, 0.05) is 37.7 Å². The van der Waals surface area contributed by atoms with Crippen LogP contribution in [-0.2, 0) is 9.59 Å². The zero-order valence-corrected chi connectivity index (χ0v) is 15.7. The van der Waals surface area contributed by atoms with Gasteiger partial charge in [-0.25, -0.2) is 9.18 Å². The molecule has 1 aromatic rings. The first-order valence-corrected chi connectivity index (χ1v) is 8.99. The summed E-state index contributed by atoms with van der Waals surface area (Å²) in [5, 5.41) is 4.80. The molecule has 0 spiro atoms. The number of aromatic nitrogens is 1. The standard InChI is InChI=1S/C18H24FN5O3/c1-11(7-18(3)16(26)21-17(27)22-18)15(25)23-4-5-24(12(2)10-23)14-6-13(19)8-20-9-14/h6,8-9,11-12H,4-5,7,10H2,1-3H3,(H2,21,22,26,27)/t11?,12-,18?/m0/s1. The van der Waals surface area contributed by atoms with Gasteiger partial charge in [-0.15, -0.1) is 0 Å². The molecule has 2 saturated heterocycles. The molecule has 27 heavy (non-hydrogen) atoms. The molecule has 4 amide bonds. The molecule has 0 saturated carbocycles. The SMILES string of the molecule is CC(CC1(C)NC(=O)NC1=O)C(=O)N1CCN(c2cncc(F)c2)[C@@H](C)C1. The van der Waals surface area contributed by atoms with Crippen LogP contribution in [0.1, 0.15) is 27.2 Å². The topological polar surface area (TPSA) is 94.6 Å². The molecule has 1 aromatic heterocycles. The van der Waals surface area contributed by atoms with Crippen LogP contribution < -0.4 is 15.5 Å². The van der Waals surface area contributed by atoms with Crippen LogP contribution in [0, 0.1) is 11.7 Å². The van der Waals surface area contributed by atoms with E-state index in [2.05, 4.69) is 15.6 Å². The number of anilines is 1. The molecule has 0 bridgehead atoms. The van der Waals surface area contributed by atoms with Gasteiger partial charge in [0.25, 0.3) is 5.91 Å². The molecule has 0 aromatic carbocycles. The van der Waals surface area contributed by atoms with Gasteiger partial charge in [-0.3, -0.25) is 19.9 Å². The molecule has 2 fully saturated rings. The Balaban J connectivity index is 1.62. The number of nitrogens with zero attached hydrogens (tertiary/aromatic N) is 3. The second-order valence-corrected chi connectivity index (χ2v) is 7.53. The van der Waals surface area contributed by atoms with E-state index in [-0.39, 0.29) is 18.4 Å². The van der Waals surface area contributed by atoms with E-state index in [4.69, 9.17) is 0 Å². The second kappa shape index (κ2) is 7.13. The Morgan fingerprint density at radius 3 is 2.74 bits per heavy atom. The number of imide groups is 1. The van der Waals surface area contributed by atoms with Gasteiger partial charge in [0.05, 0.1) is 18.1 Å². The van der Waals surface area contributed by atoms with E-state index in [1.165, 1.54) is 6.07 Å². The molecule has 2 N–H and O–H groups in total. The lowest BCUT2D eigenvalue weighted by atomic mass is 9.89. The highest BCUT2D eigenvalue weighted by Gasteiger charge is 2.44. The van der Waals surface area contributed by atoms with Gasteiger partial charge < -0.3 is 15.1 Å². The molecule has 2 aliphatic rings. The number of amides is 4. The summed E-state index contributed by atoms with van der Waals surface area (Å²) in [7, 11) is 0. The first-order valence-electron chi connectivity index (χ1n) is 8.99. The number of piperazine rings is 1. The maximum Gasteiger partial charge on any atom is 0.322 e. The van der Waals surface area contributed by atoms with Gasteiger partial charge >= 0.3 is 6.03 Å². The van der Waals surface area contributed by atoms with Gasteiger partial charge in [0.1, 0.15) is 11.4 Å². The summed E-state index contributed by atoms with van der Waals surface area (Å²) in [6.07, 6.45) is 3.00. The molecule has 3 heterocycles. The molecular formula is C18H24FN5O3. The number of carbonyl (C=O) groups is 3. The number of pyridine rings is 1. The Bertz CT molecular complexity index is 773. The van der Waals surface area contributed by atoms with E-state index < -0.39 is 29.2 Å². The minimum absolute atomic E-state index is 0.00330. The lowest BCUT2D eigenvalue weighted by Crippen LogP contribution is -2.55. The molecule has 3 rings (SSSR count). The molecular weight excluding hydrogens is 353 g/mol. The number of urea groups is 1. The van der Waals surface area contributed by atoms with Crippen LogP contribution in [-0.4, -0.2) is 58.9 Å². The predicted octanol–water partition coefficient (Wildman–Crippen LogP) is 0.882. The van der Waals surface area contributed by atoms with Crippen molar-refractivity contribution in [3.8, 4) is 0 Å². The first-order chi connectivity index (χ1) is 12.7. The first kappa shape index (κ1) is 19.1. The van der Waals surface area contributed by atoms with Crippen molar-refractivity contribution < 1.29 is 18.8 Å². The molecule has 0 aliphatic carbocycles. The Kier molecular flexibility index (Phi) is 5.03. The zero-order chi connectivity index (χ0) is 19.8. The fourth-order valence-corrected chi connectivity index (χ4v) is 3.83. The van der Waals surface area contributed by atoms with E-state index >= 15 is 0 Å². The third-order valence-electron chi connectivity index (χ3n) is 5.21. The van der Waals surface area contributed by atoms with Crippen molar-refractivity contribution in [3.63, 3.8) is 0 Å². The number of carbonyl (C=O) groups excluding carboxylic acids is 3. The summed E-state index contributed by atoms with van der Waals surface area (Å²) in [4.78, 5) is 43.9. The van der Waals surface area contributed by atoms with Crippen LogP contribution in [0.15, 0.2) is 18.5 Å². The summed E-state index contributed by atoms with van der Waals surface area (Å²) >= 11 is 0. The summed E-state index contributed by atoms with van der Waals surface area (Å²) in [6.45, 7) is 6.92. The largest absolute Gasteiger partial charge is 0.364 e. The maximum absolute atomic E-state index is 13.4. The highest BCUT2D eigenvalue weighted by molar-refractivity contribution is 6.07. The van der Waals surface area contributed by atoms with Gasteiger partial charge in [0.2, 0.25) is 5.91 Å². The Morgan fingerprint density at radius 2 is 2.15 bits per heavy atom. The summed E-state index contributed by atoms with van der Waals surface area (Å²) < 4.78 is 13.4. The van der Waals surface area contributed by atoms with E-state index in [1.54, 1.807) is 24.9 Å². The fourth-order valence-electron chi connectivity index (χ4n) is 3.83. The number of rotatable bonds is 4. The van der Waals surface area contributed by atoms with E-state index in [0.717, 1.165) is 6.20 Å². The predicted molar refractivity (Wildman–Crippen MR) is 96.4 cm³/mol. The normalized spacial score (nSPS) is 26.6. The monoisotopic (exact) mass is 377 g/mol. The van der Waals surface area contributed by atoms with E-state index in [0.29, 0.717) is 25.3 Å². The minimum atomic E-state index is -1.08. The summed E-state index contributed by atoms with van der Waals surface area (Å²) in [5.74, 6) is -1.29. The molecule has 146 valence electrons. The average Bonchev–Trinajstić information content (AvgIpc) is 2.85. The number of hydrogen-bond donors (Lipinski definition) is 2. The van der Waals surface area contributed by atoms with Crippen molar-refractivity contribution in [1.29, 1.82) is 0 Å². The lowest BCUT2D eigenvalue weighted by Gasteiger charge is -2.42. The number of halogens is 1. The highest BCUT2D eigenvalue weighted by Crippen LogP contribution is 2.25. The maximum atomic E-state index is 13.4. The van der Waals surface area contributed by atoms with Crippen molar-refractivity contribution in [2.24, 2.45) is 5.92 Å². The van der Waals surface area contributed by atoms with Crippen molar-refractivity contribution >= 4 is 23.5 Å². The quantitative estimate of drug-likeness (QED) is 0.760. The smallest absolute Gasteiger partial charge is 0.322 e.